The van der Waals surface area contributed by atoms with Gasteiger partial charge in [-0.05, 0) is 22.4 Å². The van der Waals surface area contributed by atoms with Gasteiger partial charge >= 0.3 is 9.76 Å². The molecule has 0 spiro atoms. The fraction of sp³-hybridized carbons (Fsp3) is 0.133. The van der Waals surface area contributed by atoms with Crippen molar-refractivity contribution in [1.82, 2.24) is 0 Å². The smallest absolute Gasteiger partial charge is 0.318 e. The van der Waals surface area contributed by atoms with Gasteiger partial charge in [-0.2, -0.15) is 0 Å². The highest BCUT2D eigenvalue weighted by atomic mass is 28.2. The minimum absolute atomic E-state index is 0.174. The Labute approximate surface area is 109 Å². The second kappa shape index (κ2) is 6.17. The molecule has 2 aromatic rings. The van der Waals surface area contributed by atoms with Crippen molar-refractivity contribution in [1.29, 1.82) is 0 Å². The molecule has 18 heavy (non-hydrogen) atoms. The van der Waals surface area contributed by atoms with Crippen LogP contribution in [0.3, 0.4) is 0 Å². The maximum atomic E-state index is 11.7. The first-order valence-electron chi connectivity index (χ1n) is 5.81. The predicted octanol–water partition coefficient (Wildman–Crippen LogP) is 3.15. The van der Waals surface area contributed by atoms with Gasteiger partial charge in [0.2, 0.25) is 0 Å². The van der Waals surface area contributed by atoms with Crippen molar-refractivity contribution in [3.8, 4) is 0 Å². The molecule has 0 N–H and O–H groups in total. The summed E-state index contributed by atoms with van der Waals surface area (Å²) in [6, 6.07) is 14.8. The van der Waals surface area contributed by atoms with Crippen LogP contribution >= 0.6 is 0 Å². The zero-order chi connectivity index (χ0) is 12.8. The zero-order valence-corrected chi connectivity index (χ0v) is 11.1. The van der Waals surface area contributed by atoms with Gasteiger partial charge in [0.15, 0.2) is 0 Å². The summed E-state index contributed by atoms with van der Waals surface area (Å²) in [5.41, 5.74) is 1.02. The summed E-state index contributed by atoms with van der Waals surface area (Å²) in [7, 11) is 0.174. The largest absolute Gasteiger partial charge is 0.516 e. The lowest BCUT2D eigenvalue weighted by molar-refractivity contribution is -0.133. The van der Waals surface area contributed by atoms with Crippen LogP contribution in [0.1, 0.15) is 5.56 Å². The molecule has 2 nitrogen and oxygen atoms in total. The van der Waals surface area contributed by atoms with Crippen LogP contribution in [0.5, 0.6) is 0 Å². The SMILES string of the molecule is C=CC[Si]OC(=O)Cc1cccc2ccccc12. The normalized spacial score (nSPS) is 10.2. The van der Waals surface area contributed by atoms with Crippen LogP contribution in [0, 0.1) is 0 Å². The summed E-state index contributed by atoms with van der Waals surface area (Å²) in [5.74, 6) is -0.175. The van der Waals surface area contributed by atoms with E-state index >= 15 is 0 Å². The van der Waals surface area contributed by atoms with Crippen molar-refractivity contribution < 1.29 is 9.22 Å². The van der Waals surface area contributed by atoms with Gasteiger partial charge in [-0.25, -0.2) is 0 Å². The van der Waals surface area contributed by atoms with E-state index in [1.807, 2.05) is 42.5 Å². The summed E-state index contributed by atoms with van der Waals surface area (Å²) in [4.78, 5) is 11.7. The molecule has 0 unspecified atom stereocenters. The van der Waals surface area contributed by atoms with Crippen molar-refractivity contribution in [2.24, 2.45) is 0 Å². The highest BCUT2D eigenvalue weighted by Crippen LogP contribution is 2.19. The molecule has 0 aromatic heterocycles. The minimum atomic E-state index is -0.175. The molecule has 0 saturated carbocycles. The lowest BCUT2D eigenvalue weighted by atomic mass is 10.0. The highest BCUT2D eigenvalue weighted by molar-refractivity contribution is 6.31. The Kier molecular flexibility index (Phi) is 4.31. The van der Waals surface area contributed by atoms with Crippen LogP contribution in [-0.4, -0.2) is 15.7 Å². The summed E-state index contributed by atoms with van der Waals surface area (Å²) < 4.78 is 5.15. The van der Waals surface area contributed by atoms with E-state index in [0.29, 0.717) is 6.42 Å². The van der Waals surface area contributed by atoms with Crippen LogP contribution in [0.25, 0.3) is 10.8 Å². The van der Waals surface area contributed by atoms with Gasteiger partial charge in [0.05, 0.1) is 6.42 Å². The lowest BCUT2D eigenvalue weighted by Gasteiger charge is -2.06. The molecule has 0 heterocycles. The fourth-order valence-electron chi connectivity index (χ4n) is 1.82. The van der Waals surface area contributed by atoms with Crippen LogP contribution < -0.4 is 0 Å². The molecule has 2 aromatic carbocycles. The number of fused-ring (bicyclic) bond motifs is 1. The Hall–Kier alpha value is -1.87. The molecular formula is C15H14O2Si. The van der Waals surface area contributed by atoms with Crippen molar-refractivity contribution in [3.05, 3.63) is 60.7 Å². The Balaban J connectivity index is 2.11. The second-order valence-corrected chi connectivity index (χ2v) is 4.83. The molecule has 0 fully saturated rings. The number of hydrogen-bond donors (Lipinski definition) is 0. The number of carbonyl (C=O) groups is 1. The molecule has 0 atom stereocenters. The van der Waals surface area contributed by atoms with E-state index in [2.05, 4.69) is 6.58 Å². The Morgan fingerprint density at radius 2 is 2.00 bits per heavy atom. The fourth-order valence-corrected chi connectivity index (χ4v) is 2.25. The quantitative estimate of drug-likeness (QED) is 0.465. The number of allylic oxidation sites excluding steroid dienone is 1. The second-order valence-electron chi connectivity index (χ2n) is 3.93. The maximum absolute atomic E-state index is 11.7. The number of rotatable bonds is 5. The number of benzene rings is 2. The van der Waals surface area contributed by atoms with Crippen LogP contribution in [0.15, 0.2) is 55.1 Å². The van der Waals surface area contributed by atoms with Gasteiger partial charge in [-0.15, -0.1) is 6.58 Å². The Bertz CT molecular complexity index is 558. The average Bonchev–Trinajstić information content (AvgIpc) is 2.39. The maximum Gasteiger partial charge on any atom is 0.318 e. The molecule has 3 heteroatoms. The van der Waals surface area contributed by atoms with Crippen molar-refractivity contribution in [3.63, 3.8) is 0 Å². The van der Waals surface area contributed by atoms with Gasteiger partial charge in [0.25, 0.3) is 5.97 Å². The third-order valence-electron chi connectivity index (χ3n) is 2.63. The van der Waals surface area contributed by atoms with E-state index in [1.54, 1.807) is 6.08 Å². The molecule has 0 aliphatic heterocycles. The molecule has 0 bridgehead atoms. The Morgan fingerprint density at radius 1 is 1.22 bits per heavy atom. The van der Waals surface area contributed by atoms with E-state index in [9.17, 15) is 4.79 Å². The molecule has 0 saturated heterocycles. The number of hydrogen-bond acceptors (Lipinski definition) is 2. The minimum Gasteiger partial charge on any atom is -0.516 e. The first-order valence-corrected chi connectivity index (χ1v) is 6.93. The first kappa shape index (κ1) is 12.6. The molecule has 0 aliphatic carbocycles. The predicted molar refractivity (Wildman–Crippen MR) is 74.5 cm³/mol. The highest BCUT2D eigenvalue weighted by Gasteiger charge is 2.07. The van der Waals surface area contributed by atoms with Gasteiger partial charge < -0.3 is 4.43 Å². The van der Waals surface area contributed by atoms with E-state index in [4.69, 9.17) is 4.43 Å². The summed E-state index contributed by atoms with van der Waals surface area (Å²) in [6.45, 7) is 3.60. The van der Waals surface area contributed by atoms with Crippen LogP contribution in [0.2, 0.25) is 6.04 Å². The number of carbonyl (C=O) groups excluding carboxylic acids is 1. The summed E-state index contributed by atoms with van der Waals surface area (Å²) >= 11 is 0. The van der Waals surface area contributed by atoms with Crippen molar-refractivity contribution >= 4 is 26.5 Å². The van der Waals surface area contributed by atoms with Gasteiger partial charge in [0.1, 0.15) is 0 Å². The molecule has 2 rings (SSSR count). The lowest BCUT2D eigenvalue weighted by Crippen LogP contribution is -2.10. The standard InChI is InChI=1S/C15H14O2Si/c1-2-10-18-17-15(16)11-13-8-5-7-12-6-3-4-9-14(12)13/h2-9H,1,10-11H2. The zero-order valence-electron chi connectivity index (χ0n) is 10.1. The van der Waals surface area contributed by atoms with E-state index in [0.717, 1.165) is 22.4 Å². The third kappa shape index (κ3) is 3.08. The summed E-state index contributed by atoms with van der Waals surface area (Å²) in [5, 5.41) is 2.26. The van der Waals surface area contributed by atoms with Crippen molar-refractivity contribution in [2.45, 2.75) is 12.5 Å². The van der Waals surface area contributed by atoms with E-state index in [1.165, 1.54) is 0 Å². The van der Waals surface area contributed by atoms with Crippen LogP contribution in [-0.2, 0) is 15.6 Å². The van der Waals surface area contributed by atoms with E-state index < -0.39 is 0 Å². The molecule has 90 valence electrons. The van der Waals surface area contributed by atoms with Gasteiger partial charge in [-0.1, -0.05) is 48.5 Å². The topological polar surface area (TPSA) is 26.3 Å². The third-order valence-corrected chi connectivity index (χ3v) is 3.46. The summed E-state index contributed by atoms with van der Waals surface area (Å²) in [6.07, 6.45) is 2.08. The van der Waals surface area contributed by atoms with Crippen LogP contribution in [0.4, 0.5) is 0 Å². The van der Waals surface area contributed by atoms with Gasteiger partial charge in [0, 0.05) is 0 Å². The average molecular weight is 254 g/mol. The monoisotopic (exact) mass is 254 g/mol. The Morgan fingerprint density at radius 3 is 2.83 bits per heavy atom. The van der Waals surface area contributed by atoms with Crippen molar-refractivity contribution in [2.75, 3.05) is 0 Å². The first-order chi connectivity index (χ1) is 8.81. The molecule has 2 radical (unpaired) electrons. The molecule has 0 amide bonds. The molecular weight excluding hydrogens is 240 g/mol. The van der Waals surface area contributed by atoms with E-state index in [-0.39, 0.29) is 15.7 Å². The molecule has 0 aliphatic rings. The van der Waals surface area contributed by atoms with Gasteiger partial charge in [-0.3, -0.25) is 4.79 Å².